The van der Waals surface area contributed by atoms with Gasteiger partial charge in [-0.1, -0.05) is 19.9 Å². The molecule has 1 saturated heterocycles. The van der Waals surface area contributed by atoms with E-state index < -0.39 is 0 Å². The molecule has 1 amide bonds. The van der Waals surface area contributed by atoms with Gasteiger partial charge in [-0.2, -0.15) is 5.10 Å². The van der Waals surface area contributed by atoms with E-state index in [0.717, 1.165) is 36.1 Å². The zero-order valence-electron chi connectivity index (χ0n) is 17.2. The fraction of sp³-hybridized carbons (Fsp3) is 0.429. The summed E-state index contributed by atoms with van der Waals surface area (Å²) in [4.78, 5) is 26.0. The molecular formula is C21H27N7O. The maximum absolute atomic E-state index is 12.9. The van der Waals surface area contributed by atoms with Gasteiger partial charge in [0, 0.05) is 50.2 Å². The number of imidazole rings is 1. The third-order valence-electron chi connectivity index (χ3n) is 5.22. The number of rotatable bonds is 5. The highest BCUT2D eigenvalue weighted by atomic mass is 16.2. The van der Waals surface area contributed by atoms with Crippen molar-refractivity contribution < 1.29 is 4.79 Å². The molecule has 4 rings (SSSR count). The molecule has 1 aliphatic heterocycles. The van der Waals surface area contributed by atoms with Crippen LogP contribution in [0.3, 0.4) is 0 Å². The number of amides is 1. The van der Waals surface area contributed by atoms with E-state index in [4.69, 9.17) is 0 Å². The lowest BCUT2D eigenvalue weighted by Gasteiger charge is -2.35. The quantitative estimate of drug-likeness (QED) is 0.720. The molecule has 0 bridgehead atoms. The first-order valence-corrected chi connectivity index (χ1v) is 10.0. The number of nitrogens with one attached hydrogen (secondary N) is 1. The van der Waals surface area contributed by atoms with Crippen molar-refractivity contribution in [2.45, 2.75) is 33.2 Å². The summed E-state index contributed by atoms with van der Waals surface area (Å²) < 4.78 is 2.08. The molecule has 0 spiro atoms. The lowest BCUT2D eigenvalue weighted by Crippen LogP contribution is -2.49. The van der Waals surface area contributed by atoms with Crippen LogP contribution < -0.4 is 4.90 Å². The van der Waals surface area contributed by atoms with E-state index in [2.05, 4.69) is 43.5 Å². The van der Waals surface area contributed by atoms with Crippen LogP contribution in [0.5, 0.6) is 0 Å². The topological polar surface area (TPSA) is 82.9 Å². The molecule has 0 aromatic carbocycles. The number of carbonyl (C=O) groups excluding carboxylic acids is 1. The minimum Gasteiger partial charge on any atom is -0.353 e. The van der Waals surface area contributed by atoms with Crippen LogP contribution in [-0.2, 0) is 6.54 Å². The number of aryl methyl sites for hydroxylation is 1. The average molecular weight is 393 g/mol. The third-order valence-corrected chi connectivity index (χ3v) is 5.22. The number of H-pyrrole nitrogens is 1. The van der Waals surface area contributed by atoms with Crippen molar-refractivity contribution in [2.75, 3.05) is 31.1 Å². The summed E-state index contributed by atoms with van der Waals surface area (Å²) in [6, 6.07) is 7.88. The summed E-state index contributed by atoms with van der Waals surface area (Å²) >= 11 is 0. The standard InChI is InChI=1S/C21H27N7O/c1-15(2)20-22-7-8-28(20)14-17-13-18(25-24-17)21(29)27-11-9-26(10-12-27)19-6-4-5-16(3)23-19/h4-8,13,15H,9-12,14H2,1-3H3,(H,24,25). The number of nitrogens with zero attached hydrogens (tertiary/aromatic N) is 6. The van der Waals surface area contributed by atoms with Gasteiger partial charge in [-0.15, -0.1) is 0 Å². The molecule has 4 heterocycles. The summed E-state index contributed by atoms with van der Waals surface area (Å²) in [6.45, 7) is 9.72. The van der Waals surface area contributed by atoms with Gasteiger partial charge in [0.05, 0.1) is 12.2 Å². The van der Waals surface area contributed by atoms with E-state index >= 15 is 0 Å². The maximum atomic E-state index is 12.9. The Labute approximate surface area is 170 Å². The van der Waals surface area contributed by atoms with Gasteiger partial charge in [0.15, 0.2) is 0 Å². The van der Waals surface area contributed by atoms with Gasteiger partial charge in [0.2, 0.25) is 0 Å². The van der Waals surface area contributed by atoms with Gasteiger partial charge in [-0.05, 0) is 25.1 Å². The summed E-state index contributed by atoms with van der Waals surface area (Å²) in [5.74, 6) is 2.31. The highest BCUT2D eigenvalue weighted by molar-refractivity contribution is 5.92. The highest BCUT2D eigenvalue weighted by Crippen LogP contribution is 2.17. The molecule has 152 valence electrons. The molecule has 3 aromatic rings. The number of anilines is 1. The minimum atomic E-state index is -0.0286. The number of hydrogen-bond donors (Lipinski definition) is 1. The largest absolute Gasteiger partial charge is 0.353 e. The molecule has 1 aliphatic rings. The van der Waals surface area contributed by atoms with E-state index in [1.54, 1.807) is 6.20 Å². The van der Waals surface area contributed by atoms with Crippen LogP contribution in [0, 0.1) is 6.92 Å². The Bertz CT molecular complexity index is 982. The molecule has 0 atom stereocenters. The van der Waals surface area contributed by atoms with Gasteiger partial charge < -0.3 is 14.4 Å². The Morgan fingerprint density at radius 3 is 2.72 bits per heavy atom. The molecular weight excluding hydrogens is 366 g/mol. The van der Waals surface area contributed by atoms with Gasteiger partial charge in [0.25, 0.3) is 5.91 Å². The number of piperazine rings is 1. The van der Waals surface area contributed by atoms with E-state index in [1.165, 1.54) is 0 Å². The minimum absolute atomic E-state index is 0.0286. The molecule has 1 N–H and O–H groups in total. The third kappa shape index (κ3) is 4.16. The zero-order valence-corrected chi connectivity index (χ0v) is 17.2. The fourth-order valence-corrected chi connectivity index (χ4v) is 3.70. The number of aromatic nitrogens is 5. The van der Waals surface area contributed by atoms with Crippen LogP contribution in [0.4, 0.5) is 5.82 Å². The van der Waals surface area contributed by atoms with E-state index in [-0.39, 0.29) is 5.91 Å². The van der Waals surface area contributed by atoms with Crippen LogP contribution in [0.15, 0.2) is 36.7 Å². The first kappa shape index (κ1) is 19.2. The number of pyridine rings is 1. The summed E-state index contributed by atoms with van der Waals surface area (Å²) in [7, 11) is 0. The molecule has 8 heteroatoms. The van der Waals surface area contributed by atoms with Crippen molar-refractivity contribution >= 4 is 11.7 Å². The summed E-state index contributed by atoms with van der Waals surface area (Å²) in [5, 5.41) is 7.26. The van der Waals surface area contributed by atoms with Crippen LogP contribution in [0.25, 0.3) is 0 Å². The molecule has 0 radical (unpaired) electrons. The van der Waals surface area contributed by atoms with Crippen LogP contribution >= 0.6 is 0 Å². The Hall–Kier alpha value is -3.16. The average Bonchev–Trinajstić information content (AvgIpc) is 3.38. The highest BCUT2D eigenvalue weighted by Gasteiger charge is 2.24. The second-order valence-electron chi connectivity index (χ2n) is 7.76. The Kier molecular flexibility index (Phi) is 5.33. The van der Waals surface area contributed by atoms with Crippen molar-refractivity contribution in [2.24, 2.45) is 0 Å². The number of hydrogen-bond acceptors (Lipinski definition) is 5. The molecule has 0 unspecified atom stereocenters. The zero-order chi connectivity index (χ0) is 20.4. The van der Waals surface area contributed by atoms with Crippen molar-refractivity contribution in [1.82, 2.24) is 29.6 Å². The monoisotopic (exact) mass is 393 g/mol. The summed E-state index contributed by atoms with van der Waals surface area (Å²) in [5.41, 5.74) is 2.37. The normalized spacial score (nSPS) is 14.6. The molecule has 8 nitrogen and oxygen atoms in total. The molecule has 29 heavy (non-hydrogen) atoms. The predicted octanol–water partition coefficient (Wildman–Crippen LogP) is 2.44. The van der Waals surface area contributed by atoms with Gasteiger partial charge in [-0.25, -0.2) is 9.97 Å². The van der Waals surface area contributed by atoms with Crippen molar-refractivity contribution in [1.29, 1.82) is 0 Å². The second kappa shape index (κ2) is 8.06. The molecule has 0 saturated carbocycles. The van der Waals surface area contributed by atoms with Crippen LogP contribution in [-0.4, -0.2) is 61.7 Å². The SMILES string of the molecule is Cc1cccc(N2CCN(C(=O)c3cc(Cn4ccnc4C(C)C)[nH]n3)CC2)n1. The van der Waals surface area contributed by atoms with Gasteiger partial charge >= 0.3 is 0 Å². The van der Waals surface area contributed by atoms with E-state index in [0.29, 0.717) is 31.2 Å². The number of aromatic amines is 1. The molecule has 0 aliphatic carbocycles. The van der Waals surface area contributed by atoms with Crippen LogP contribution in [0.1, 0.15) is 47.5 Å². The predicted molar refractivity (Wildman–Crippen MR) is 111 cm³/mol. The number of carbonyl (C=O) groups is 1. The summed E-state index contributed by atoms with van der Waals surface area (Å²) in [6.07, 6.45) is 3.76. The fourth-order valence-electron chi connectivity index (χ4n) is 3.70. The first-order valence-electron chi connectivity index (χ1n) is 10.0. The first-order chi connectivity index (χ1) is 14.0. The van der Waals surface area contributed by atoms with Crippen molar-refractivity contribution in [3.63, 3.8) is 0 Å². The van der Waals surface area contributed by atoms with Crippen molar-refractivity contribution in [3.05, 3.63) is 59.6 Å². The lowest BCUT2D eigenvalue weighted by atomic mass is 10.2. The molecule has 3 aromatic heterocycles. The smallest absolute Gasteiger partial charge is 0.274 e. The van der Waals surface area contributed by atoms with E-state index in [9.17, 15) is 4.79 Å². The van der Waals surface area contributed by atoms with Gasteiger partial charge in [0.1, 0.15) is 17.3 Å². The Balaban J connectivity index is 1.38. The Morgan fingerprint density at radius 1 is 1.21 bits per heavy atom. The second-order valence-corrected chi connectivity index (χ2v) is 7.76. The maximum Gasteiger partial charge on any atom is 0.274 e. The molecule has 1 fully saturated rings. The van der Waals surface area contributed by atoms with E-state index in [1.807, 2.05) is 42.3 Å². The van der Waals surface area contributed by atoms with Crippen molar-refractivity contribution in [3.8, 4) is 0 Å². The lowest BCUT2D eigenvalue weighted by molar-refractivity contribution is 0.0740. The van der Waals surface area contributed by atoms with Crippen LogP contribution in [0.2, 0.25) is 0 Å². The van der Waals surface area contributed by atoms with Gasteiger partial charge in [-0.3, -0.25) is 9.89 Å². The Morgan fingerprint density at radius 2 is 2.00 bits per heavy atom.